The number of hydrogen-bond acceptors (Lipinski definition) is 4. The van der Waals surface area contributed by atoms with Crippen molar-refractivity contribution in [3.8, 4) is 5.69 Å². The van der Waals surface area contributed by atoms with Crippen LogP contribution in [0.15, 0.2) is 47.7 Å². The molecule has 0 fully saturated rings. The lowest BCUT2D eigenvalue weighted by Crippen LogP contribution is -2.44. The van der Waals surface area contributed by atoms with E-state index in [-0.39, 0.29) is 24.0 Å². The van der Waals surface area contributed by atoms with Crippen LogP contribution in [0.4, 0.5) is 0 Å². The van der Waals surface area contributed by atoms with Crippen LogP contribution in [0.3, 0.4) is 0 Å². The molecule has 0 saturated heterocycles. The van der Waals surface area contributed by atoms with Crippen LogP contribution in [0.2, 0.25) is 0 Å². The Morgan fingerprint density at radius 1 is 1.23 bits per heavy atom. The molecule has 1 aromatic carbocycles. The maximum atomic E-state index is 10.8. The quantitative estimate of drug-likeness (QED) is 0.245. The highest BCUT2D eigenvalue weighted by Gasteiger charge is 2.25. The molecule has 0 spiro atoms. The van der Waals surface area contributed by atoms with Gasteiger partial charge in [-0.2, -0.15) is 10.2 Å². The molecule has 9 heteroatoms. The first-order valence-corrected chi connectivity index (χ1v) is 10.2. The zero-order valence-corrected chi connectivity index (χ0v) is 21.1. The number of aliphatic imine (C=N–C) groups is 1. The Balaban J connectivity index is 0.00000341. The largest absolute Gasteiger partial charge is 0.383 e. The summed E-state index contributed by atoms with van der Waals surface area (Å²) >= 11 is 0. The summed E-state index contributed by atoms with van der Waals surface area (Å²) in [7, 11) is 1.83. The number of rotatable bonds is 7. The van der Waals surface area contributed by atoms with Crippen molar-refractivity contribution in [3.63, 3.8) is 0 Å². The monoisotopic (exact) mass is 537 g/mol. The average molecular weight is 537 g/mol. The molecule has 8 nitrogen and oxygen atoms in total. The fourth-order valence-electron chi connectivity index (χ4n) is 3.29. The lowest BCUT2D eigenvalue weighted by molar-refractivity contribution is 0.0616. The molecule has 31 heavy (non-hydrogen) atoms. The van der Waals surface area contributed by atoms with Crippen LogP contribution in [0, 0.1) is 13.8 Å². The van der Waals surface area contributed by atoms with E-state index in [1.807, 2.05) is 50.8 Å². The third-order valence-corrected chi connectivity index (χ3v) is 4.91. The number of aryl methyl sites for hydroxylation is 3. The molecule has 2 aromatic heterocycles. The van der Waals surface area contributed by atoms with Crippen LogP contribution in [-0.4, -0.2) is 43.7 Å². The zero-order chi connectivity index (χ0) is 21.7. The van der Waals surface area contributed by atoms with Gasteiger partial charge in [0.15, 0.2) is 5.96 Å². The second-order valence-corrected chi connectivity index (χ2v) is 7.69. The first-order chi connectivity index (χ1) is 14.3. The Bertz CT molecular complexity index is 1020. The van der Waals surface area contributed by atoms with Gasteiger partial charge in [0, 0.05) is 31.0 Å². The van der Waals surface area contributed by atoms with Crippen molar-refractivity contribution >= 4 is 29.9 Å². The highest BCUT2D eigenvalue weighted by atomic mass is 127. The number of para-hydroxylation sites is 1. The normalized spacial score (nSPS) is 13.4. The SMILES string of the molecule is CCNC(=NCc1ccccc1-n1nc(C)cc1C)NCC(C)(O)c1cnn(C)c1.I. The minimum absolute atomic E-state index is 0. The van der Waals surface area contributed by atoms with Crippen molar-refractivity contribution in [3.05, 3.63) is 65.2 Å². The van der Waals surface area contributed by atoms with Gasteiger partial charge in [-0.25, -0.2) is 9.67 Å². The van der Waals surface area contributed by atoms with E-state index in [1.54, 1.807) is 17.8 Å². The van der Waals surface area contributed by atoms with Crippen molar-refractivity contribution in [1.82, 2.24) is 30.2 Å². The number of halogens is 1. The topological polar surface area (TPSA) is 92.3 Å². The lowest BCUT2D eigenvalue weighted by atomic mass is 10.00. The van der Waals surface area contributed by atoms with Gasteiger partial charge in [-0.1, -0.05) is 18.2 Å². The summed E-state index contributed by atoms with van der Waals surface area (Å²) in [5.74, 6) is 0.643. The highest BCUT2D eigenvalue weighted by Crippen LogP contribution is 2.19. The van der Waals surface area contributed by atoms with Crippen molar-refractivity contribution in [2.24, 2.45) is 12.0 Å². The molecule has 0 aliphatic rings. The molecule has 3 aromatic rings. The van der Waals surface area contributed by atoms with Gasteiger partial charge in [-0.3, -0.25) is 4.68 Å². The molecule has 1 unspecified atom stereocenters. The summed E-state index contributed by atoms with van der Waals surface area (Å²) in [6.07, 6.45) is 3.49. The molecule has 0 saturated carbocycles. The van der Waals surface area contributed by atoms with Crippen LogP contribution in [0.25, 0.3) is 5.69 Å². The average Bonchev–Trinajstić information content (AvgIpc) is 3.29. The molecule has 3 rings (SSSR count). The van der Waals surface area contributed by atoms with Crippen LogP contribution >= 0.6 is 24.0 Å². The van der Waals surface area contributed by atoms with Crippen LogP contribution < -0.4 is 10.6 Å². The van der Waals surface area contributed by atoms with E-state index in [9.17, 15) is 5.11 Å². The summed E-state index contributed by atoms with van der Waals surface area (Å²) in [6, 6.07) is 10.2. The summed E-state index contributed by atoms with van der Waals surface area (Å²) in [6.45, 7) is 9.33. The number of nitrogens with one attached hydrogen (secondary N) is 2. The molecule has 0 aliphatic carbocycles. The smallest absolute Gasteiger partial charge is 0.191 e. The lowest BCUT2D eigenvalue weighted by Gasteiger charge is -2.23. The summed E-state index contributed by atoms with van der Waals surface area (Å²) in [5.41, 5.74) is 3.85. The van der Waals surface area contributed by atoms with E-state index in [2.05, 4.69) is 39.0 Å². The van der Waals surface area contributed by atoms with Crippen LogP contribution in [0.5, 0.6) is 0 Å². The van der Waals surface area contributed by atoms with E-state index in [1.165, 1.54) is 0 Å². The fourth-order valence-corrected chi connectivity index (χ4v) is 3.29. The first kappa shape index (κ1) is 24.9. The van der Waals surface area contributed by atoms with E-state index >= 15 is 0 Å². The van der Waals surface area contributed by atoms with Gasteiger partial charge < -0.3 is 15.7 Å². The minimum Gasteiger partial charge on any atom is -0.383 e. The van der Waals surface area contributed by atoms with Crippen LogP contribution in [-0.2, 0) is 19.2 Å². The van der Waals surface area contributed by atoms with Gasteiger partial charge in [0.25, 0.3) is 0 Å². The fraction of sp³-hybridized carbons (Fsp3) is 0.409. The molecule has 1 atom stereocenters. The number of aromatic nitrogens is 4. The summed E-state index contributed by atoms with van der Waals surface area (Å²) < 4.78 is 3.63. The van der Waals surface area contributed by atoms with Gasteiger partial charge in [0.1, 0.15) is 5.60 Å². The Kier molecular flexibility index (Phi) is 8.63. The summed E-state index contributed by atoms with van der Waals surface area (Å²) in [5, 5.41) is 26.1. The Hall–Kier alpha value is -2.40. The molecule has 2 heterocycles. The van der Waals surface area contributed by atoms with E-state index in [0.29, 0.717) is 19.0 Å². The van der Waals surface area contributed by atoms with Gasteiger partial charge >= 0.3 is 0 Å². The highest BCUT2D eigenvalue weighted by molar-refractivity contribution is 14.0. The molecule has 0 bridgehead atoms. The number of nitrogens with zero attached hydrogens (tertiary/aromatic N) is 5. The van der Waals surface area contributed by atoms with E-state index in [4.69, 9.17) is 4.99 Å². The Morgan fingerprint density at radius 3 is 2.58 bits per heavy atom. The number of benzene rings is 1. The van der Waals surface area contributed by atoms with Gasteiger partial charge in [0.05, 0.1) is 30.7 Å². The molecular weight excluding hydrogens is 505 g/mol. The molecule has 0 aliphatic heterocycles. The van der Waals surface area contributed by atoms with Crippen molar-refractivity contribution < 1.29 is 5.11 Å². The van der Waals surface area contributed by atoms with Crippen molar-refractivity contribution in [2.45, 2.75) is 39.8 Å². The maximum absolute atomic E-state index is 10.8. The van der Waals surface area contributed by atoms with Crippen molar-refractivity contribution in [1.29, 1.82) is 0 Å². The predicted octanol–water partition coefficient (Wildman–Crippen LogP) is 2.80. The third-order valence-electron chi connectivity index (χ3n) is 4.91. The predicted molar refractivity (Wildman–Crippen MR) is 134 cm³/mol. The van der Waals surface area contributed by atoms with Gasteiger partial charge in [0.2, 0.25) is 0 Å². The van der Waals surface area contributed by atoms with Crippen LogP contribution in [0.1, 0.15) is 36.4 Å². The maximum Gasteiger partial charge on any atom is 0.191 e. The minimum atomic E-state index is -1.06. The van der Waals surface area contributed by atoms with E-state index in [0.717, 1.165) is 34.7 Å². The van der Waals surface area contributed by atoms with Gasteiger partial charge in [-0.15, -0.1) is 24.0 Å². The molecule has 3 N–H and O–H groups in total. The van der Waals surface area contributed by atoms with Crippen molar-refractivity contribution in [2.75, 3.05) is 13.1 Å². The standard InChI is InChI=1S/C22H31N7O.HI/c1-6-23-21(25-15-22(4,30)19-13-26-28(5)14-19)24-12-18-9-7-8-10-20(18)29-17(3)11-16(2)27-29;/h7-11,13-14,30H,6,12,15H2,1-5H3,(H2,23,24,25);1H. The zero-order valence-electron chi connectivity index (χ0n) is 18.8. The Morgan fingerprint density at radius 2 is 1.97 bits per heavy atom. The second kappa shape index (κ2) is 10.8. The number of aliphatic hydroxyl groups is 1. The van der Waals surface area contributed by atoms with Gasteiger partial charge in [-0.05, 0) is 45.4 Å². The number of guanidine groups is 1. The van der Waals surface area contributed by atoms with E-state index < -0.39 is 5.60 Å². The molecule has 0 radical (unpaired) electrons. The first-order valence-electron chi connectivity index (χ1n) is 10.2. The third kappa shape index (κ3) is 6.30. The number of hydrogen-bond donors (Lipinski definition) is 3. The summed E-state index contributed by atoms with van der Waals surface area (Å²) in [4.78, 5) is 4.73. The Labute approximate surface area is 200 Å². The molecular formula is C22H32IN7O. The second-order valence-electron chi connectivity index (χ2n) is 7.69. The molecule has 168 valence electrons. The molecule has 0 amide bonds.